The van der Waals surface area contributed by atoms with Crippen molar-refractivity contribution in [3.8, 4) is 11.4 Å². The largest absolute Gasteiger partial charge is 0.317 e. The Morgan fingerprint density at radius 2 is 2.00 bits per heavy atom. The van der Waals surface area contributed by atoms with Crippen molar-refractivity contribution in [2.45, 2.75) is 0 Å². The van der Waals surface area contributed by atoms with Crippen LogP contribution in [0.3, 0.4) is 0 Å². The van der Waals surface area contributed by atoms with Crippen molar-refractivity contribution in [2.75, 3.05) is 16.4 Å². The van der Waals surface area contributed by atoms with E-state index in [1.165, 1.54) is 0 Å². The second-order valence-corrected chi connectivity index (χ2v) is 6.17. The van der Waals surface area contributed by atoms with Gasteiger partial charge in [-0.25, -0.2) is 8.42 Å². The van der Waals surface area contributed by atoms with Crippen LogP contribution in [-0.2, 0) is 17.1 Å². The Kier molecular flexibility index (Phi) is 4.06. The van der Waals surface area contributed by atoms with Crippen molar-refractivity contribution in [1.29, 1.82) is 0 Å². The number of hydrogen-bond acceptors (Lipinski definition) is 4. The molecule has 0 unspecified atom stereocenters. The normalized spacial score (nSPS) is 11.5. The number of aromatic nitrogens is 3. The molecule has 102 valence electrons. The molecule has 0 saturated carbocycles. The standard InChI is InChI=1S/C11H13ClN4O2S/c1-16-8-13-14-11(16)9-2-4-10(5-3-9)15-19(17,18)7-6-12/h2-5,8,15H,6-7H2,1H3. The number of aryl methyl sites for hydroxylation is 1. The molecule has 0 atom stereocenters. The topological polar surface area (TPSA) is 76.9 Å². The molecular weight excluding hydrogens is 288 g/mol. The van der Waals surface area contributed by atoms with Gasteiger partial charge in [-0.3, -0.25) is 4.72 Å². The van der Waals surface area contributed by atoms with Gasteiger partial charge in [0.2, 0.25) is 10.0 Å². The molecule has 19 heavy (non-hydrogen) atoms. The summed E-state index contributed by atoms with van der Waals surface area (Å²) >= 11 is 5.43. The first-order chi connectivity index (χ1) is 9.02. The Balaban J connectivity index is 2.18. The molecule has 8 heteroatoms. The second kappa shape index (κ2) is 5.58. The Morgan fingerprint density at radius 1 is 1.32 bits per heavy atom. The zero-order valence-corrected chi connectivity index (χ0v) is 11.8. The number of alkyl halides is 1. The van der Waals surface area contributed by atoms with Gasteiger partial charge in [-0.15, -0.1) is 21.8 Å². The molecule has 1 N–H and O–H groups in total. The van der Waals surface area contributed by atoms with Gasteiger partial charge >= 0.3 is 0 Å². The summed E-state index contributed by atoms with van der Waals surface area (Å²) in [5.41, 5.74) is 1.36. The monoisotopic (exact) mass is 300 g/mol. The molecule has 2 aromatic rings. The minimum absolute atomic E-state index is 0.0619. The summed E-state index contributed by atoms with van der Waals surface area (Å²) in [6.45, 7) is 0. The quantitative estimate of drug-likeness (QED) is 0.848. The van der Waals surface area contributed by atoms with E-state index in [1.807, 2.05) is 7.05 Å². The minimum Gasteiger partial charge on any atom is -0.317 e. The molecular formula is C11H13ClN4O2S. The summed E-state index contributed by atoms with van der Waals surface area (Å²) in [6, 6.07) is 6.91. The number of sulfonamides is 1. The zero-order chi connectivity index (χ0) is 13.9. The second-order valence-electron chi connectivity index (χ2n) is 3.95. The number of rotatable bonds is 5. The Morgan fingerprint density at radius 3 is 2.53 bits per heavy atom. The molecule has 6 nitrogen and oxygen atoms in total. The highest BCUT2D eigenvalue weighted by Gasteiger charge is 2.10. The predicted molar refractivity (Wildman–Crippen MR) is 74.6 cm³/mol. The summed E-state index contributed by atoms with van der Waals surface area (Å²) in [5.74, 6) is 0.668. The van der Waals surface area contributed by atoms with Gasteiger partial charge in [-0.2, -0.15) is 0 Å². The molecule has 0 radical (unpaired) electrons. The number of halogens is 1. The predicted octanol–water partition coefficient (Wildman–Crippen LogP) is 1.46. The highest BCUT2D eigenvalue weighted by molar-refractivity contribution is 7.92. The van der Waals surface area contributed by atoms with Crippen LogP contribution in [0.1, 0.15) is 0 Å². The van der Waals surface area contributed by atoms with E-state index in [2.05, 4.69) is 14.9 Å². The fourth-order valence-corrected chi connectivity index (χ4v) is 2.97. The van der Waals surface area contributed by atoms with Crippen molar-refractivity contribution in [1.82, 2.24) is 14.8 Å². The van der Waals surface area contributed by atoms with Crippen molar-refractivity contribution in [3.63, 3.8) is 0 Å². The molecule has 0 saturated heterocycles. The van der Waals surface area contributed by atoms with Crippen molar-refractivity contribution < 1.29 is 8.42 Å². The fraction of sp³-hybridized carbons (Fsp3) is 0.273. The maximum absolute atomic E-state index is 11.5. The van der Waals surface area contributed by atoms with Crippen LogP contribution in [0.15, 0.2) is 30.6 Å². The van der Waals surface area contributed by atoms with Crippen LogP contribution in [0.25, 0.3) is 11.4 Å². The SMILES string of the molecule is Cn1cnnc1-c1ccc(NS(=O)(=O)CCCl)cc1. The van der Waals surface area contributed by atoms with Crippen LogP contribution in [-0.4, -0.2) is 34.8 Å². The van der Waals surface area contributed by atoms with Gasteiger partial charge in [0.1, 0.15) is 6.33 Å². The highest BCUT2D eigenvalue weighted by atomic mass is 35.5. The molecule has 0 amide bonds. The van der Waals surface area contributed by atoms with E-state index in [9.17, 15) is 8.42 Å². The lowest BCUT2D eigenvalue weighted by atomic mass is 10.2. The number of nitrogens with zero attached hydrogens (tertiary/aromatic N) is 3. The van der Waals surface area contributed by atoms with Crippen LogP contribution in [0.4, 0.5) is 5.69 Å². The van der Waals surface area contributed by atoms with Crippen LogP contribution in [0.5, 0.6) is 0 Å². The number of benzene rings is 1. The van der Waals surface area contributed by atoms with E-state index in [-0.39, 0.29) is 11.6 Å². The average Bonchev–Trinajstić information content (AvgIpc) is 2.76. The van der Waals surface area contributed by atoms with E-state index >= 15 is 0 Å². The number of nitrogens with one attached hydrogen (secondary N) is 1. The third-order valence-corrected chi connectivity index (χ3v) is 4.18. The Bertz CT molecular complexity index is 652. The number of hydrogen-bond donors (Lipinski definition) is 1. The molecule has 1 heterocycles. The highest BCUT2D eigenvalue weighted by Crippen LogP contribution is 2.19. The maximum atomic E-state index is 11.5. The summed E-state index contributed by atoms with van der Waals surface area (Å²) in [4.78, 5) is 0. The van der Waals surface area contributed by atoms with E-state index in [0.29, 0.717) is 5.69 Å². The first-order valence-electron chi connectivity index (χ1n) is 5.53. The molecule has 0 aliphatic heterocycles. The van der Waals surface area contributed by atoms with Crippen molar-refractivity contribution >= 4 is 27.3 Å². The summed E-state index contributed by atoms with van der Waals surface area (Å²) in [6.07, 6.45) is 1.60. The Labute approximate surface area is 116 Å². The maximum Gasteiger partial charge on any atom is 0.233 e. The summed E-state index contributed by atoms with van der Waals surface area (Å²) < 4.78 is 27.3. The average molecular weight is 301 g/mol. The van der Waals surface area contributed by atoms with Crippen LogP contribution in [0, 0.1) is 0 Å². The van der Waals surface area contributed by atoms with Crippen molar-refractivity contribution in [3.05, 3.63) is 30.6 Å². The molecule has 0 spiro atoms. The Hall–Kier alpha value is -1.60. The zero-order valence-electron chi connectivity index (χ0n) is 10.2. The molecule has 2 rings (SSSR count). The molecule has 0 fully saturated rings. The van der Waals surface area contributed by atoms with E-state index in [1.54, 1.807) is 35.2 Å². The number of anilines is 1. The van der Waals surface area contributed by atoms with Gasteiger partial charge in [-0.1, -0.05) is 0 Å². The lowest BCUT2D eigenvalue weighted by molar-refractivity contribution is 0.602. The van der Waals surface area contributed by atoms with E-state index in [4.69, 9.17) is 11.6 Å². The van der Waals surface area contributed by atoms with Crippen molar-refractivity contribution in [2.24, 2.45) is 7.05 Å². The summed E-state index contributed by atoms with van der Waals surface area (Å²) in [7, 11) is -1.53. The van der Waals surface area contributed by atoms with Gasteiger partial charge < -0.3 is 4.57 Å². The van der Waals surface area contributed by atoms with E-state index in [0.717, 1.165) is 11.4 Å². The van der Waals surface area contributed by atoms with Crippen LogP contribution in [0.2, 0.25) is 0 Å². The minimum atomic E-state index is -3.37. The third-order valence-electron chi connectivity index (χ3n) is 2.47. The van der Waals surface area contributed by atoms with Crippen LogP contribution < -0.4 is 4.72 Å². The molecule has 0 aliphatic rings. The van der Waals surface area contributed by atoms with E-state index < -0.39 is 10.0 Å². The fourth-order valence-electron chi connectivity index (χ4n) is 1.56. The van der Waals surface area contributed by atoms with Crippen LogP contribution >= 0.6 is 11.6 Å². The van der Waals surface area contributed by atoms with Gasteiger partial charge in [0.15, 0.2) is 5.82 Å². The van der Waals surface area contributed by atoms with Gasteiger partial charge in [0, 0.05) is 24.2 Å². The molecule has 1 aromatic heterocycles. The first kappa shape index (κ1) is 13.8. The molecule has 0 aliphatic carbocycles. The lowest BCUT2D eigenvalue weighted by Gasteiger charge is -2.07. The van der Waals surface area contributed by atoms with Gasteiger partial charge in [0.05, 0.1) is 5.75 Å². The first-order valence-corrected chi connectivity index (χ1v) is 7.71. The third kappa shape index (κ3) is 3.45. The molecule has 0 bridgehead atoms. The summed E-state index contributed by atoms with van der Waals surface area (Å²) in [5, 5.41) is 7.77. The van der Waals surface area contributed by atoms with Gasteiger partial charge in [-0.05, 0) is 24.3 Å². The smallest absolute Gasteiger partial charge is 0.233 e. The molecule has 1 aromatic carbocycles. The van der Waals surface area contributed by atoms with Gasteiger partial charge in [0.25, 0.3) is 0 Å². The lowest BCUT2D eigenvalue weighted by Crippen LogP contribution is -2.17.